The van der Waals surface area contributed by atoms with E-state index in [1.54, 1.807) is 26.8 Å². The Bertz CT molecular complexity index is 1040. The molecule has 0 aliphatic rings. The summed E-state index contributed by atoms with van der Waals surface area (Å²) in [7, 11) is 1.48. The van der Waals surface area contributed by atoms with Crippen molar-refractivity contribution in [1.82, 2.24) is 10.2 Å². The van der Waals surface area contributed by atoms with E-state index in [1.165, 1.54) is 11.9 Å². The maximum absolute atomic E-state index is 13.5. The van der Waals surface area contributed by atoms with Gasteiger partial charge in [0.05, 0.1) is 6.61 Å². The molecule has 2 rings (SSSR count). The quantitative estimate of drug-likeness (QED) is 0.574. The van der Waals surface area contributed by atoms with Crippen molar-refractivity contribution in [3.05, 3.63) is 64.7 Å². The molecule has 34 heavy (non-hydrogen) atoms. The van der Waals surface area contributed by atoms with Crippen molar-refractivity contribution in [2.24, 2.45) is 0 Å². The number of rotatable bonds is 7. The second kappa shape index (κ2) is 11.2. The van der Waals surface area contributed by atoms with Crippen LogP contribution in [0.2, 0.25) is 0 Å². The Morgan fingerprint density at radius 1 is 1.03 bits per heavy atom. The van der Waals surface area contributed by atoms with Crippen LogP contribution in [0.15, 0.2) is 42.5 Å². The van der Waals surface area contributed by atoms with Crippen LogP contribution < -0.4 is 10.6 Å². The van der Waals surface area contributed by atoms with Gasteiger partial charge in [-0.3, -0.25) is 9.59 Å². The number of nitrogens with one attached hydrogen (secondary N) is 2. The first-order valence-corrected chi connectivity index (χ1v) is 11.1. The molecule has 0 saturated heterocycles. The van der Waals surface area contributed by atoms with E-state index in [2.05, 4.69) is 10.6 Å². The summed E-state index contributed by atoms with van der Waals surface area (Å²) in [6.45, 7) is 10.1. The van der Waals surface area contributed by atoms with Crippen molar-refractivity contribution < 1.29 is 24.2 Å². The molecule has 3 amide bonds. The predicted octanol–water partition coefficient (Wildman–Crippen LogP) is 3.64. The molecule has 8 heteroatoms. The second-order valence-corrected chi connectivity index (χ2v) is 9.40. The Morgan fingerprint density at radius 3 is 2.24 bits per heavy atom. The molecule has 0 radical (unpaired) electrons. The number of aliphatic hydroxyl groups is 1. The number of hydrogen-bond donors (Lipinski definition) is 3. The smallest absolute Gasteiger partial charge is 0.408 e. The number of benzene rings is 2. The first-order valence-electron chi connectivity index (χ1n) is 11.1. The molecular formula is C26H35N3O5. The highest BCUT2D eigenvalue weighted by atomic mass is 16.6. The number of amides is 3. The Morgan fingerprint density at radius 2 is 1.68 bits per heavy atom. The lowest BCUT2D eigenvalue weighted by molar-refractivity contribution is -0.139. The molecule has 0 aliphatic carbocycles. The molecule has 2 aromatic rings. The molecule has 0 spiro atoms. The molecule has 3 N–H and O–H groups in total. The lowest BCUT2D eigenvalue weighted by Crippen LogP contribution is -2.52. The van der Waals surface area contributed by atoms with Gasteiger partial charge in [-0.2, -0.15) is 0 Å². The van der Waals surface area contributed by atoms with Gasteiger partial charge in [0, 0.05) is 12.7 Å². The van der Waals surface area contributed by atoms with Crippen molar-refractivity contribution in [3.8, 4) is 0 Å². The third kappa shape index (κ3) is 7.05. The highest BCUT2D eigenvalue weighted by Gasteiger charge is 2.34. The number of aryl methyl sites for hydroxylation is 3. The number of aliphatic hydroxyl groups excluding tert-OH is 1. The van der Waals surface area contributed by atoms with Crippen LogP contribution in [0.25, 0.3) is 0 Å². The minimum atomic E-state index is -1.28. The summed E-state index contributed by atoms with van der Waals surface area (Å²) in [5, 5.41) is 15.1. The van der Waals surface area contributed by atoms with Crippen molar-refractivity contribution >= 4 is 23.6 Å². The highest BCUT2D eigenvalue weighted by Crippen LogP contribution is 2.27. The molecule has 0 saturated carbocycles. The van der Waals surface area contributed by atoms with Crippen LogP contribution in [0.4, 0.5) is 10.5 Å². The van der Waals surface area contributed by atoms with Crippen LogP contribution in [-0.4, -0.2) is 53.2 Å². The van der Waals surface area contributed by atoms with E-state index in [1.807, 2.05) is 57.2 Å². The highest BCUT2D eigenvalue weighted by molar-refractivity contribution is 5.99. The number of alkyl carbamates (subject to hydrolysis) is 1. The summed E-state index contributed by atoms with van der Waals surface area (Å²) in [6.07, 6.45) is -0.833. The molecule has 2 atom stereocenters. The second-order valence-electron chi connectivity index (χ2n) is 9.40. The Balaban J connectivity index is 2.38. The van der Waals surface area contributed by atoms with Crippen molar-refractivity contribution in [2.45, 2.75) is 59.2 Å². The SMILES string of the molecule is Cc1ccc(C(C(=O)Nc2ccccc2C)N(C)C(=O)C(CO)NC(=O)OC(C)(C)C)c(C)c1. The van der Waals surface area contributed by atoms with Crippen LogP contribution in [0.3, 0.4) is 0 Å². The van der Waals surface area contributed by atoms with Crippen LogP contribution in [0, 0.1) is 20.8 Å². The third-order valence-electron chi connectivity index (χ3n) is 5.28. The van der Waals surface area contributed by atoms with Gasteiger partial charge in [0.2, 0.25) is 5.91 Å². The van der Waals surface area contributed by atoms with Gasteiger partial charge >= 0.3 is 6.09 Å². The minimum Gasteiger partial charge on any atom is -0.444 e. The van der Waals surface area contributed by atoms with Gasteiger partial charge in [-0.15, -0.1) is 0 Å². The zero-order chi connectivity index (χ0) is 25.6. The molecule has 2 unspecified atom stereocenters. The first-order chi connectivity index (χ1) is 15.8. The van der Waals surface area contributed by atoms with Crippen molar-refractivity contribution in [3.63, 3.8) is 0 Å². The predicted molar refractivity (Wildman–Crippen MR) is 131 cm³/mol. The van der Waals surface area contributed by atoms with Gasteiger partial charge in [-0.05, 0) is 64.3 Å². The summed E-state index contributed by atoms with van der Waals surface area (Å²) in [5.74, 6) is -1.04. The average Bonchev–Trinajstić information content (AvgIpc) is 2.73. The summed E-state index contributed by atoms with van der Waals surface area (Å²) in [5.41, 5.74) is 3.24. The number of carbonyl (C=O) groups is 3. The fourth-order valence-electron chi connectivity index (χ4n) is 3.58. The molecular weight excluding hydrogens is 434 g/mol. The largest absolute Gasteiger partial charge is 0.444 e. The summed E-state index contributed by atoms with van der Waals surface area (Å²) >= 11 is 0. The number of likely N-dealkylation sites (N-methyl/N-ethyl adjacent to an activating group) is 1. The Labute approximate surface area is 201 Å². The Hall–Kier alpha value is -3.39. The van der Waals surface area contributed by atoms with Crippen LogP contribution >= 0.6 is 0 Å². The van der Waals surface area contributed by atoms with Gasteiger partial charge in [0.1, 0.15) is 17.7 Å². The van der Waals surface area contributed by atoms with Gasteiger partial charge in [-0.1, -0.05) is 42.0 Å². The zero-order valence-electron chi connectivity index (χ0n) is 20.9. The maximum Gasteiger partial charge on any atom is 0.408 e. The molecule has 184 valence electrons. The number of para-hydroxylation sites is 1. The lowest BCUT2D eigenvalue weighted by atomic mass is 9.96. The minimum absolute atomic E-state index is 0.411. The van der Waals surface area contributed by atoms with Crippen LogP contribution in [0.5, 0.6) is 0 Å². The van der Waals surface area contributed by atoms with E-state index in [9.17, 15) is 19.5 Å². The van der Waals surface area contributed by atoms with Crippen molar-refractivity contribution in [2.75, 3.05) is 19.0 Å². The maximum atomic E-state index is 13.5. The lowest BCUT2D eigenvalue weighted by Gasteiger charge is -2.32. The molecule has 0 aromatic heterocycles. The van der Waals surface area contributed by atoms with Gasteiger partial charge < -0.3 is 25.4 Å². The molecule has 0 fully saturated rings. The van der Waals surface area contributed by atoms with Gasteiger partial charge in [0.15, 0.2) is 0 Å². The van der Waals surface area contributed by atoms with E-state index < -0.39 is 42.2 Å². The van der Waals surface area contributed by atoms with E-state index >= 15 is 0 Å². The summed E-state index contributed by atoms with van der Waals surface area (Å²) in [4.78, 5) is 40.2. The fraction of sp³-hybridized carbons (Fsp3) is 0.423. The summed E-state index contributed by atoms with van der Waals surface area (Å²) < 4.78 is 5.21. The summed E-state index contributed by atoms with van der Waals surface area (Å²) in [6, 6.07) is 10.7. The average molecular weight is 470 g/mol. The monoisotopic (exact) mass is 469 g/mol. The van der Waals surface area contributed by atoms with Crippen molar-refractivity contribution in [1.29, 1.82) is 0 Å². The standard InChI is InChI=1S/C26H35N3O5/c1-16-12-13-19(18(3)14-16)22(23(31)27-20-11-9-8-10-17(20)2)29(7)24(32)21(15-30)28-25(33)34-26(4,5)6/h8-14,21-22,30H,15H2,1-7H3,(H,27,31)(H,28,33). The molecule has 0 bridgehead atoms. The van der Waals surface area contributed by atoms with E-state index in [4.69, 9.17) is 4.74 Å². The fourth-order valence-corrected chi connectivity index (χ4v) is 3.58. The normalized spacial score (nSPS) is 12.9. The van der Waals surface area contributed by atoms with E-state index in [-0.39, 0.29) is 0 Å². The third-order valence-corrected chi connectivity index (χ3v) is 5.28. The molecule has 8 nitrogen and oxygen atoms in total. The number of carbonyl (C=O) groups excluding carboxylic acids is 3. The topological polar surface area (TPSA) is 108 Å². The number of ether oxygens (including phenoxy) is 1. The zero-order valence-corrected chi connectivity index (χ0v) is 20.9. The molecule has 0 aliphatic heterocycles. The number of hydrogen-bond acceptors (Lipinski definition) is 5. The molecule has 2 aromatic carbocycles. The van der Waals surface area contributed by atoms with Crippen LogP contribution in [-0.2, 0) is 14.3 Å². The Kier molecular flexibility index (Phi) is 8.81. The van der Waals surface area contributed by atoms with Crippen LogP contribution in [0.1, 0.15) is 49.1 Å². The van der Waals surface area contributed by atoms with E-state index in [0.29, 0.717) is 11.3 Å². The number of nitrogens with zero attached hydrogens (tertiary/aromatic N) is 1. The van der Waals surface area contributed by atoms with Gasteiger partial charge in [-0.25, -0.2) is 4.79 Å². The number of anilines is 1. The molecule has 0 heterocycles. The first kappa shape index (κ1) is 26.9. The van der Waals surface area contributed by atoms with E-state index in [0.717, 1.165) is 16.7 Å². The van der Waals surface area contributed by atoms with Gasteiger partial charge in [0.25, 0.3) is 5.91 Å².